The number of benzene rings is 1. The topological polar surface area (TPSA) is 125 Å². The second kappa shape index (κ2) is 7.38. The molecule has 1 unspecified atom stereocenters. The van der Waals surface area contributed by atoms with Crippen molar-refractivity contribution in [1.29, 1.82) is 5.26 Å². The molecule has 20 heavy (non-hydrogen) atoms. The fourth-order valence-corrected chi connectivity index (χ4v) is 1.36. The summed E-state index contributed by atoms with van der Waals surface area (Å²) in [5.41, 5.74) is -1.01. The number of nitrogens with zero attached hydrogens (tertiary/aromatic N) is 1. The van der Waals surface area contributed by atoms with Gasteiger partial charge in [-0.05, 0) is 38.5 Å². The molecule has 0 aromatic heterocycles. The van der Waals surface area contributed by atoms with Crippen molar-refractivity contribution < 1.29 is 25.3 Å². The zero-order chi connectivity index (χ0) is 16.0. The average molecular weight is 281 g/mol. The summed E-state index contributed by atoms with van der Waals surface area (Å²) in [6.07, 6.45) is 0.312. The van der Waals surface area contributed by atoms with Gasteiger partial charge in [-0.25, -0.2) is 0 Å². The van der Waals surface area contributed by atoms with Crippen molar-refractivity contribution in [3.05, 3.63) is 35.4 Å². The van der Waals surface area contributed by atoms with Gasteiger partial charge in [0.1, 0.15) is 0 Å². The Bertz CT molecular complexity index is 460. The first-order valence-corrected chi connectivity index (χ1v) is 5.97. The minimum Gasteiger partial charge on any atom is -0.402 e. The second-order valence-electron chi connectivity index (χ2n) is 5.17. The van der Waals surface area contributed by atoms with Crippen LogP contribution in [0.3, 0.4) is 0 Å². The summed E-state index contributed by atoms with van der Waals surface area (Å²) in [6.45, 7) is 4.73. The number of rotatable bonds is 3. The Morgan fingerprint density at radius 3 is 2.05 bits per heavy atom. The van der Waals surface area contributed by atoms with E-state index in [2.05, 4.69) is 0 Å². The Kier molecular flexibility index (Phi) is 6.86. The van der Waals surface area contributed by atoms with Gasteiger partial charge in [0.05, 0.1) is 22.8 Å². The Morgan fingerprint density at radius 1 is 1.15 bits per heavy atom. The van der Waals surface area contributed by atoms with Crippen LogP contribution in [0.4, 0.5) is 0 Å². The highest BCUT2D eigenvalue weighted by Gasteiger charge is 2.37. The van der Waals surface area contributed by atoms with Gasteiger partial charge in [-0.2, -0.15) is 5.26 Å². The van der Waals surface area contributed by atoms with Gasteiger partial charge >= 0.3 is 7.32 Å². The minimum absolute atomic E-state index is 0.312. The van der Waals surface area contributed by atoms with Gasteiger partial charge in [0.15, 0.2) is 0 Å². The Labute approximate surface area is 118 Å². The van der Waals surface area contributed by atoms with Crippen LogP contribution in [0.15, 0.2) is 24.3 Å². The van der Waals surface area contributed by atoms with Gasteiger partial charge in [0.2, 0.25) is 0 Å². The summed E-state index contributed by atoms with van der Waals surface area (Å²) in [4.78, 5) is 0. The second-order valence-corrected chi connectivity index (χ2v) is 5.17. The largest absolute Gasteiger partial charge is 0.631 e. The third-order valence-corrected chi connectivity index (χ3v) is 2.92. The smallest absolute Gasteiger partial charge is 0.402 e. The van der Waals surface area contributed by atoms with E-state index < -0.39 is 18.5 Å². The highest BCUT2D eigenvalue weighted by atomic mass is 16.5. The van der Waals surface area contributed by atoms with Gasteiger partial charge in [-0.3, -0.25) is 0 Å². The Balaban J connectivity index is 0.000000796. The van der Waals surface area contributed by atoms with Gasteiger partial charge in [-0.1, -0.05) is 12.1 Å². The van der Waals surface area contributed by atoms with E-state index in [9.17, 15) is 10.2 Å². The van der Waals surface area contributed by atoms with Crippen molar-refractivity contribution in [2.45, 2.75) is 38.4 Å². The highest BCUT2D eigenvalue weighted by molar-refractivity contribution is 6.30. The van der Waals surface area contributed by atoms with E-state index in [4.69, 9.17) is 20.3 Å². The lowest BCUT2D eigenvalue weighted by Gasteiger charge is -2.35. The van der Waals surface area contributed by atoms with E-state index in [0.29, 0.717) is 12.0 Å². The zero-order valence-electron chi connectivity index (χ0n) is 11.8. The molecule has 6 nitrogen and oxygen atoms in total. The molecule has 7 heteroatoms. The van der Waals surface area contributed by atoms with Gasteiger partial charge in [0, 0.05) is 6.42 Å². The lowest BCUT2D eigenvalue weighted by molar-refractivity contribution is -0.118. The first kappa shape index (κ1) is 18.6. The number of hydrogen-bond acceptors (Lipinski definition) is 6. The molecule has 1 aromatic rings. The predicted octanol–water partition coefficient (Wildman–Crippen LogP) is -0.429. The normalized spacial score (nSPS) is 13.6. The van der Waals surface area contributed by atoms with Crippen LogP contribution < -0.4 is 0 Å². The number of hydrogen-bond donors (Lipinski definition) is 5. The SMILES string of the molecule is CC(C)(O)C(C)(O)Cc1cccc(C#N)c1.OB(O)O. The van der Waals surface area contributed by atoms with Crippen molar-refractivity contribution in [1.82, 2.24) is 0 Å². The molecule has 0 aliphatic rings. The predicted molar refractivity (Wildman–Crippen MR) is 74.2 cm³/mol. The van der Waals surface area contributed by atoms with E-state index in [1.807, 2.05) is 12.1 Å². The molecule has 110 valence electrons. The van der Waals surface area contributed by atoms with E-state index in [1.165, 1.54) is 0 Å². The van der Waals surface area contributed by atoms with Crippen LogP contribution in [-0.4, -0.2) is 43.8 Å². The molecular weight excluding hydrogens is 261 g/mol. The molecule has 0 spiro atoms. The molecule has 0 heterocycles. The van der Waals surface area contributed by atoms with E-state index in [-0.39, 0.29) is 0 Å². The summed E-state index contributed by atoms with van der Waals surface area (Å²) < 4.78 is 0. The molecule has 0 amide bonds. The third kappa shape index (κ3) is 6.66. The molecule has 1 atom stereocenters. The van der Waals surface area contributed by atoms with Crippen LogP contribution in [0.2, 0.25) is 0 Å². The van der Waals surface area contributed by atoms with Crippen molar-refractivity contribution in [3.63, 3.8) is 0 Å². The van der Waals surface area contributed by atoms with Crippen molar-refractivity contribution in [2.24, 2.45) is 0 Å². The molecule has 0 aliphatic heterocycles. The van der Waals surface area contributed by atoms with Crippen molar-refractivity contribution in [2.75, 3.05) is 0 Å². The molecule has 0 saturated carbocycles. The zero-order valence-corrected chi connectivity index (χ0v) is 11.8. The molecule has 0 radical (unpaired) electrons. The van der Waals surface area contributed by atoms with Gasteiger partial charge in [0.25, 0.3) is 0 Å². The first-order chi connectivity index (χ1) is 8.99. The lowest BCUT2D eigenvalue weighted by Crippen LogP contribution is -2.49. The first-order valence-electron chi connectivity index (χ1n) is 5.97. The van der Waals surface area contributed by atoms with Crippen LogP contribution >= 0.6 is 0 Å². The quantitative estimate of drug-likeness (QED) is 0.479. The molecule has 5 N–H and O–H groups in total. The fourth-order valence-electron chi connectivity index (χ4n) is 1.36. The average Bonchev–Trinajstić information content (AvgIpc) is 2.26. The summed E-state index contributed by atoms with van der Waals surface area (Å²) in [5, 5.41) is 50.2. The summed E-state index contributed by atoms with van der Waals surface area (Å²) in [7, 11) is -2.17. The van der Waals surface area contributed by atoms with Crippen LogP contribution in [-0.2, 0) is 6.42 Å². The van der Waals surface area contributed by atoms with Crippen LogP contribution in [0, 0.1) is 11.3 Å². The third-order valence-electron chi connectivity index (χ3n) is 2.92. The molecule has 0 fully saturated rings. The van der Waals surface area contributed by atoms with E-state index >= 15 is 0 Å². The standard InChI is InChI=1S/C13H17NO2.BH3O3/c1-12(2,15)13(3,16)8-10-5-4-6-11(7-10)9-14;2-1(3)4/h4-7,15-16H,8H2,1-3H3;2-4H. The summed E-state index contributed by atoms with van der Waals surface area (Å²) in [6, 6.07) is 9.09. The Morgan fingerprint density at radius 2 is 1.65 bits per heavy atom. The van der Waals surface area contributed by atoms with Crippen LogP contribution in [0.1, 0.15) is 31.9 Å². The molecule has 1 aromatic carbocycles. The molecule has 0 aliphatic carbocycles. The molecule has 0 bridgehead atoms. The lowest BCUT2D eigenvalue weighted by atomic mass is 9.82. The van der Waals surface area contributed by atoms with Gasteiger partial charge < -0.3 is 25.3 Å². The van der Waals surface area contributed by atoms with Crippen LogP contribution in [0.25, 0.3) is 0 Å². The summed E-state index contributed by atoms with van der Waals surface area (Å²) in [5.74, 6) is 0. The maximum Gasteiger partial charge on any atom is 0.631 e. The molecular formula is C13H20BNO5. The number of nitriles is 1. The Hall–Kier alpha value is -1.43. The molecule has 0 saturated heterocycles. The highest BCUT2D eigenvalue weighted by Crippen LogP contribution is 2.25. The van der Waals surface area contributed by atoms with Crippen molar-refractivity contribution >= 4 is 7.32 Å². The van der Waals surface area contributed by atoms with Crippen molar-refractivity contribution in [3.8, 4) is 6.07 Å². The van der Waals surface area contributed by atoms with Gasteiger partial charge in [-0.15, -0.1) is 0 Å². The van der Waals surface area contributed by atoms with Crippen LogP contribution in [0.5, 0.6) is 0 Å². The van der Waals surface area contributed by atoms with E-state index in [1.54, 1.807) is 39.0 Å². The maximum absolute atomic E-state index is 10.1. The summed E-state index contributed by atoms with van der Waals surface area (Å²) >= 11 is 0. The number of aliphatic hydroxyl groups is 2. The van der Waals surface area contributed by atoms with E-state index in [0.717, 1.165) is 5.56 Å². The molecule has 1 rings (SSSR count). The minimum atomic E-state index is -2.17. The maximum atomic E-state index is 10.1. The monoisotopic (exact) mass is 281 g/mol. The fraction of sp³-hybridized carbons (Fsp3) is 0.462.